The summed E-state index contributed by atoms with van der Waals surface area (Å²) in [5.41, 5.74) is 0. The maximum Gasteiger partial charge on any atom is 0.526 e. The zero-order valence-electron chi connectivity index (χ0n) is 3.70. The Morgan fingerprint density at radius 1 is 1.14 bits per heavy atom. The normalized spacial score (nSPS) is 28.3. The van der Waals surface area contributed by atoms with Gasteiger partial charge in [0.1, 0.15) is 0 Å². The van der Waals surface area contributed by atoms with Crippen molar-refractivity contribution in [1.82, 2.24) is 0 Å². The van der Waals surface area contributed by atoms with E-state index < -0.39 is 6.96 Å². The monoisotopic (exact) mass is 105 g/mol. The molecule has 4 nitrogen and oxygen atoms in total. The lowest BCUT2D eigenvalue weighted by atomic mass is 10.1. The Hall–Kier alpha value is -0.0951. The second-order valence-electron chi connectivity index (χ2n) is 1.37. The van der Waals surface area contributed by atoms with E-state index in [2.05, 4.69) is 9.31 Å². The minimum absolute atomic E-state index is 0.271. The van der Waals surface area contributed by atoms with Gasteiger partial charge in [-0.25, -0.2) is 0 Å². The fourth-order valence-electron chi connectivity index (χ4n) is 0.451. The van der Waals surface area contributed by atoms with Crippen molar-refractivity contribution in [1.29, 1.82) is 0 Å². The molecule has 0 radical (unpaired) electrons. The van der Waals surface area contributed by atoms with Crippen molar-refractivity contribution in [3.8, 4) is 0 Å². The summed E-state index contributed by atoms with van der Waals surface area (Å²) < 4.78 is 8.58. The lowest BCUT2D eigenvalue weighted by Gasteiger charge is -2.17. The van der Waals surface area contributed by atoms with Crippen molar-refractivity contribution in [2.24, 2.45) is 0 Å². The van der Waals surface area contributed by atoms with Gasteiger partial charge in [0.25, 0.3) is 0 Å². The summed E-state index contributed by atoms with van der Waals surface area (Å²) in [5.74, 6) is 0. The first-order chi connectivity index (χ1) is 3.21. The smallest absolute Gasteiger partial charge is 0.526 e. The molecule has 1 aliphatic heterocycles. The first-order valence-corrected chi connectivity index (χ1v) is 2.07. The van der Waals surface area contributed by atoms with Gasteiger partial charge in [-0.1, -0.05) is 0 Å². The van der Waals surface area contributed by atoms with Crippen LogP contribution in [0, 0.1) is 0 Å². The van der Waals surface area contributed by atoms with Gasteiger partial charge in [0.05, 0.1) is 0 Å². The summed E-state index contributed by atoms with van der Waals surface area (Å²) in [4.78, 5) is 0. The average molecular weight is 105 g/mol. The summed E-state index contributed by atoms with van der Waals surface area (Å²) in [5, 5.41) is 16.7. The van der Waals surface area contributed by atoms with E-state index in [1.807, 2.05) is 0 Å². The van der Waals surface area contributed by atoms with Gasteiger partial charge in [0.15, 0.2) is 0 Å². The molecule has 1 heterocycles. The van der Waals surface area contributed by atoms with E-state index in [4.69, 9.17) is 10.0 Å². The van der Waals surface area contributed by atoms with Crippen molar-refractivity contribution < 1.29 is 19.4 Å². The van der Waals surface area contributed by atoms with Crippen molar-refractivity contribution in [2.45, 2.75) is 0 Å². The van der Waals surface area contributed by atoms with E-state index in [0.29, 0.717) is 0 Å². The molecule has 0 atom stereocenters. The van der Waals surface area contributed by atoms with Crippen molar-refractivity contribution in [3.63, 3.8) is 0 Å². The number of rotatable bonds is 0. The molecule has 0 spiro atoms. The fraction of sp³-hybridized carbons (Fsp3) is 1.00. The molecule has 0 aromatic heterocycles. The predicted octanol–water partition coefficient (Wildman–Crippen LogP) is -1.55. The Bertz CT molecular complexity index is 64.1. The van der Waals surface area contributed by atoms with E-state index in [9.17, 15) is 0 Å². The van der Waals surface area contributed by atoms with Crippen LogP contribution in [-0.4, -0.2) is 30.2 Å². The predicted molar refractivity (Wildman–Crippen MR) is 22.1 cm³/mol. The van der Waals surface area contributed by atoms with Gasteiger partial charge in [0.2, 0.25) is 0 Å². The van der Waals surface area contributed by atoms with E-state index in [-0.39, 0.29) is 13.2 Å². The molecule has 0 aromatic carbocycles. The maximum atomic E-state index is 8.37. The van der Waals surface area contributed by atoms with Gasteiger partial charge in [-0.05, 0) is 0 Å². The third kappa shape index (κ3) is 1.14. The number of hydrogen-bond donors (Lipinski definition) is 2. The van der Waals surface area contributed by atoms with Gasteiger partial charge >= 0.3 is 6.96 Å². The van der Waals surface area contributed by atoms with Crippen LogP contribution in [0.2, 0.25) is 0 Å². The molecule has 5 heteroatoms. The molecule has 0 unspecified atom stereocenters. The molecule has 0 amide bonds. The highest BCUT2D eigenvalue weighted by atomic mass is 16.8. The Morgan fingerprint density at radius 2 is 1.57 bits per heavy atom. The molecular weight excluding hydrogens is 98.8 g/mol. The van der Waals surface area contributed by atoms with Crippen molar-refractivity contribution in [3.05, 3.63) is 0 Å². The third-order valence-electron chi connectivity index (χ3n) is 0.753. The van der Waals surface area contributed by atoms with Crippen LogP contribution in [0.4, 0.5) is 0 Å². The lowest BCUT2D eigenvalue weighted by Crippen LogP contribution is -2.36. The quantitative estimate of drug-likeness (QED) is 0.366. The molecule has 1 fully saturated rings. The van der Waals surface area contributed by atoms with Crippen LogP contribution in [0.5, 0.6) is 0 Å². The van der Waals surface area contributed by atoms with Crippen LogP contribution >= 0.6 is 0 Å². The molecule has 0 aromatic rings. The topological polar surface area (TPSA) is 58.9 Å². The zero-order valence-corrected chi connectivity index (χ0v) is 3.70. The summed E-state index contributed by atoms with van der Waals surface area (Å²) in [6.07, 6.45) is 0. The first-order valence-electron chi connectivity index (χ1n) is 2.07. The van der Waals surface area contributed by atoms with Crippen LogP contribution in [0.1, 0.15) is 0 Å². The molecule has 42 valence electrons. The van der Waals surface area contributed by atoms with Crippen LogP contribution in [0.3, 0.4) is 0 Å². The molecule has 0 saturated carbocycles. The van der Waals surface area contributed by atoms with Gasteiger partial charge < -0.3 is 19.4 Å². The highest BCUT2D eigenvalue weighted by molar-refractivity contribution is 6.50. The fourth-order valence-corrected chi connectivity index (χ4v) is 0.451. The summed E-state index contributed by atoms with van der Waals surface area (Å²) in [6, 6.07) is 0. The van der Waals surface area contributed by atoms with Gasteiger partial charge in [-0.3, -0.25) is 0 Å². The largest absolute Gasteiger partial charge is 0.533 e. The lowest BCUT2D eigenvalue weighted by molar-refractivity contribution is 0.111. The summed E-state index contributed by atoms with van der Waals surface area (Å²) in [6.45, 7) is -2.32. The van der Waals surface area contributed by atoms with Crippen LogP contribution in [0.15, 0.2) is 0 Å². The third-order valence-corrected chi connectivity index (χ3v) is 0.753. The summed E-state index contributed by atoms with van der Waals surface area (Å²) in [7, 11) is 0. The highest BCUT2D eigenvalue weighted by Gasteiger charge is 2.26. The molecular formula is C2H6BO4-. The Morgan fingerprint density at radius 3 is 1.71 bits per heavy atom. The van der Waals surface area contributed by atoms with E-state index in [1.165, 1.54) is 0 Å². The zero-order chi connectivity index (χ0) is 5.33. The maximum absolute atomic E-state index is 8.37. The van der Waals surface area contributed by atoms with Gasteiger partial charge in [0, 0.05) is 13.2 Å². The average Bonchev–Trinajstić information content (AvgIpc) is 1.84. The van der Waals surface area contributed by atoms with E-state index in [0.717, 1.165) is 0 Å². The van der Waals surface area contributed by atoms with Gasteiger partial charge in [-0.15, -0.1) is 0 Å². The second-order valence-corrected chi connectivity index (χ2v) is 1.37. The molecule has 7 heavy (non-hydrogen) atoms. The van der Waals surface area contributed by atoms with E-state index >= 15 is 0 Å². The number of hydrogen-bond acceptors (Lipinski definition) is 4. The molecule has 0 bridgehead atoms. The van der Waals surface area contributed by atoms with Crippen LogP contribution in [-0.2, 0) is 9.31 Å². The van der Waals surface area contributed by atoms with Gasteiger partial charge in [-0.2, -0.15) is 0 Å². The molecule has 1 saturated heterocycles. The molecule has 2 N–H and O–H groups in total. The van der Waals surface area contributed by atoms with Crippen molar-refractivity contribution in [2.75, 3.05) is 13.2 Å². The Labute approximate surface area is 40.7 Å². The Kier molecular flexibility index (Phi) is 1.04. The molecule has 0 aliphatic carbocycles. The standard InChI is InChI=1S/C2H6BO4/c4-3(5)6-1-2-7-3/h4-5H,1-2H2/q-1. The minimum atomic E-state index is -2.86. The van der Waals surface area contributed by atoms with Crippen LogP contribution in [0.25, 0.3) is 0 Å². The SMILES string of the molecule is O[B-]1(O)OCCO1. The van der Waals surface area contributed by atoms with Crippen LogP contribution < -0.4 is 0 Å². The molecule has 1 rings (SSSR count). The highest BCUT2D eigenvalue weighted by Crippen LogP contribution is 2.03. The molecule has 1 aliphatic rings. The first kappa shape index (κ1) is 5.05. The summed E-state index contributed by atoms with van der Waals surface area (Å²) >= 11 is 0. The minimum Gasteiger partial charge on any atom is -0.533 e. The van der Waals surface area contributed by atoms with E-state index in [1.54, 1.807) is 0 Å². The van der Waals surface area contributed by atoms with Crippen molar-refractivity contribution >= 4 is 6.96 Å². The Balaban J connectivity index is 2.40. The second kappa shape index (κ2) is 1.45.